The van der Waals surface area contributed by atoms with E-state index >= 15 is 0 Å². The van der Waals surface area contributed by atoms with Crippen molar-refractivity contribution in [2.45, 2.75) is 18.3 Å². The molecule has 6 rings (SSSR count). The van der Waals surface area contributed by atoms with Crippen LogP contribution in [0, 0.1) is 0 Å². The zero-order valence-corrected chi connectivity index (χ0v) is 17.7. The Bertz CT molecular complexity index is 1400. The normalized spacial score (nSPS) is 15.3. The van der Waals surface area contributed by atoms with Gasteiger partial charge in [-0.15, -0.1) is 0 Å². The molecule has 0 unspecified atom stereocenters. The van der Waals surface area contributed by atoms with Crippen molar-refractivity contribution in [1.29, 1.82) is 0 Å². The maximum Gasteiger partial charge on any atom is 0.272 e. The molecule has 2 amide bonds. The second-order valence-electron chi connectivity index (χ2n) is 8.41. The first-order chi connectivity index (χ1) is 16.1. The van der Waals surface area contributed by atoms with Crippen molar-refractivity contribution in [3.05, 3.63) is 84.1 Å². The largest absolute Gasteiger partial charge is 0.454 e. The molecule has 0 saturated heterocycles. The van der Waals surface area contributed by atoms with Gasteiger partial charge in [-0.1, -0.05) is 24.3 Å². The molecular weight excluding hydrogens is 418 g/mol. The van der Waals surface area contributed by atoms with Gasteiger partial charge in [-0.3, -0.25) is 9.59 Å². The van der Waals surface area contributed by atoms with E-state index in [0.717, 1.165) is 35.0 Å². The number of aromatic nitrogens is 1. The Hall–Kier alpha value is -4.26. The van der Waals surface area contributed by atoms with Crippen LogP contribution in [0.4, 0.5) is 11.4 Å². The average molecular weight is 444 g/mol. The molecule has 3 N–H and O–H groups in total. The number of nitrogens with one attached hydrogen (secondary N) is 3. The fourth-order valence-corrected chi connectivity index (χ4v) is 4.27. The van der Waals surface area contributed by atoms with Crippen LogP contribution in [0.25, 0.3) is 10.9 Å². The highest BCUT2D eigenvalue weighted by atomic mass is 16.7. The first kappa shape index (κ1) is 19.4. The van der Waals surface area contributed by atoms with Crippen LogP contribution < -0.4 is 20.1 Å². The summed E-state index contributed by atoms with van der Waals surface area (Å²) in [6.07, 6.45) is 1.57. The number of anilines is 2. The maximum atomic E-state index is 13.2. The molecule has 1 aromatic heterocycles. The first-order valence-corrected chi connectivity index (χ1v) is 10.8. The van der Waals surface area contributed by atoms with Gasteiger partial charge in [0.2, 0.25) is 12.7 Å². The molecule has 168 valence electrons. The van der Waals surface area contributed by atoms with Gasteiger partial charge in [-0.05, 0) is 66.9 Å². The summed E-state index contributed by atoms with van der Waals surface area (Å²) in [5, 5.41) is 6.77. The fraction of sp³-hybridized carbons (Fsp3) is 0.154. The third-order valence-electron chi connectivity index (χ3n) is 6.26. The first-order valence-electron chi connectivity index (χ1n) is 10.8. The molecule has 0 spiro atoms. The van der Waals surface area contributed by atoms with Crippen LogP contribution in [-0.2, 0) is 10.2 Å². The van der Waals surface area contributed by atoms with Crippen LogP contribution in [0.2, 0.25) is 0 Å². The third-order valence-corrected chi connectivity index (χ3v) is 6.26. The van der Waals surface area contributed by atoms with E-state index in [9.17, 15) is 9.59 Å². The van der Waals surface area contributed by atoms with Crippen molar-refractivity contribution >= 4 is 34.1 Å². The van der Waals surface area contributed by atoms with E-state index in [0.29, 0.717) is 22.9 Å². The molecule has 1 aliphatic heterocycles. The van der Waals surface area contributed by atoms with Crippen molar-refractivity contribution in [3.63, 3.8) is 0 Å². The number of para-hydroxylation sites is 1. The molecule has 7 heteroatoms. The summed E-state index contributed by atoms with van der Waals surface area (Å²) in [5.41, 5.74) is 3.08. The molecule has 0 atom stereocenters. The van der Waals surface area contributed by atoms with Gasteiger partial charge < -0.3 is 25.1 Å². The monoisotopic (exact) mass is 443 g/mol. The molecule has 0 radical (unpaired) electrons. The second-order valence-corrected chi connectivity index (χ2v) is 8.41. The van der Waals surface area contributed by atoms with Gasteiger partial charge in [0.15, 0.2) is 11.5 Å². The molecular formula is C26H25N3O4. The lowest BCUT2D eigenvalue weighted by Crippen LogP contribution is -2.27. The second kappa shape index (κ2) is 7.41. The predicted octanol–water partition coefficient (Wildman–Crippen LogP) is 5.31. The van der Waals surface area contributed by atoms with Crippen LogP contribution in [0.5, 0.6) is 11.5 Å². The molecule has 3 aromatic carbocycles. The van der Waals surface area contributed by atoms with E-state index < -0.39 is 5.41 Å². The number of carbonyl (C=O) groups is 2. The van der Waals surface area contributed by atoms with Gasteiger partial charge >= 0.3 is 0 Å². The fourth-order valence-electron chi connectivity index (χ4n) is 4.27. The predicted molar refractivity (Wildman–Crippen MR) is 129 cm³/mol. The zero-order valence-electron chi connectivity index (χ0n) is 17.7. The zero-order chi connectivity index (χ0) is 22.4. The number of fused-ring (bicyclic) bond motifs is 2. The van der Waals surface area contributed by atoms with E-state index in [1.54, 1.807) is 6.07 Å². The summed E-state index contributed by atoms with van der Waals surface area (Å²) in [6.45, 7) is 0.208. The Morgan fingerprint density at radius 1 is 0.848 bits per heavy atom. The summed E-state index contributed by atoms with van der Waals surface area (Å²) >= 11 is 0. The Labute approximate surface area is 192 Å². The van der Waals surface area contributed by atoms with Crippen LogP contribution in [-0.4, -0.2) is 23.6 Å². The van der Waals surface area contributed by atoms with Gasteiger partial charge in [0, 0.05) is 25.1 Å². The quantitative estimate of drug-likeness (QED) is 0.390. The number of hydrogen-bond acceptors (Lipinski definition) is 4. The molecule has 2 heterocycles. The number of hydrogen-bond donors (Lipinski definition) is 3. The Morgan fingerprint density at radius 3 is 2.48 bits per heavy atom. The lowest BCUT2D eigenvalue weighted by molar-refractivity contribution is -0.118. The van der Waals surface area contributed by atoms with E-state index in [1.807, 2.05) is 66.7 Å². The van der Waals surface area contributed by atoms with Crippen molar-refractivity contribution in [2.24, 2.45) is 0 Å². The van der Waals surface area contributed by atoms with Crippen molar-refractivity contribution in [1.82, 2.24) is 4.98 Å². The van der Waals surface area contributed by atoms with Crippen LogP contribution in [0.1, 0.15) is 31.7 Å². The van der Waals surface area contributed by atoms with E-state index in [4.69, 9.17) is 9.47 Å². The standard InChI is InChI=1S/C26H21N3O4.2H2/c30-24(27-18-4-2-1-3-5-18)21-13-16-12-19(7-8-20(16)29-21)28-25(31)26(10-11-26)17-6-9-22-23(14-17)33-15-32-22;;/h1-9,12-14,29H,10-11,15H2,(H,27,30)(H,28,31);2*1H. The summed E-state index contributed by atoms with van der Waals surface area (Å²) in [7, 11) is 0. The number of ether oxygens (including phenoxy) is 2. The van der Waals surface area contributed by atoms with Crippen LogP contribution in [0.15, 0.2) is 72.8 Å². The lowest BCUT2D eigenvalue weighted by atomic mass is 9.94. The Balaban J connectivity index is 0.00000144. The van der Waals surface area contributed by atoms with E-state index in [2.05, 4.69) is 15.6 Å². The minimum Gasteiger partial charge on any atom is -0.454 e. The molecule has 2 aliphatic rings. The molecule has 1 fully saturated rings. The molecule has 33 heavy (non-hydrogen) atoms. The summed E-state index contributed by atoms with van der Waals surface area (Å²) in [5.74, 6) is 1.13. The smallest absolute Gasteiger partial charge is 0.272 e. The number of H-pyrrole nitrogens is 1. The number of amides is 2. The third kappa shape index (κ3) is 3.47. The Kier molecular flexibility index (Phi) is 4.36. The van der Waals surface area contributed by atoms with Crippen LogP contribution >= 0.6 is 0 Å². The number of carbonyl (C=O) groups excluding carboxylic acids is 2. The highest BCUT2D eigenvalue weighted by molar-refractivity contribution is 6.07. The highest BCUT2D eigenvalue weighted by Gasteiger charge is 2.51. The van der Waals surface area contributed by atoms with Crippen molar-refractivity contribution < 1.29 is 21.9 Å². The minimum absolute atomic E-state index is 0. The number of benzene rings is 3. The van der Waals surface area contributed by atoms with Crippen molar-refractivity contribution in [3.8, 4) is 11.5 Å². The highest BCUT2D eigenvalue weighted by Crippen LogP contribution is 2.51. The Morgan fingerprint density at radius 2 is 1.67 bits per heavy atom. The van der Waals surface area contributed by atoms with Gasteiger partial charge in [-0.25, -0.2) is 0 Å². The molecule has 4 aromatic rings. The van der Waals surface area contributed by atoms with E-state index in [-0.39, 0.29) is 21.5 Å². The van der Waals surface area contributed by atoms with E-state index in [1.165, 1.54) is 0 Å². The van der Waals surface area contributed by atoms with Crippen molar-refractivity contribution in [2.75, 3.05) is 17.4 Å². The number of rotatable bonds is 5. The SMILES string of the molecule is O=C(Nc1ccccc1)c1cc2cc(NC(=O)C3(c4ccc5c(c4)OCO5)CC3)ccc2[nH]1.[HH].[HH]. The number of aromatic amines is 1. The topological polar surface area (TPSA) is 92.5 Å². The lowest BCUT2D eigenvalue weighted by Gasteiger charge is -2.16. The van der Waals surface area contributed by atoms with Crippen LogP contribution in [0.3, 0.4) is 0 Å². The van der Waals surface area contributed by atoms with Gasteiger partial charge in [0.1, 0.15) is 5.69 Å². The maximum absolute atomic E-state index is 13.2. The molecule has 0 bridgehead atoms. The summed E-state index contributed by atoms with van der Waals surface area (Å²) < 4.78 is 10.9. The van der Waals surface area contributed by atoms with Gasteiger partial charge in [-0.2, -0.15) is 0 Å². The summed E-state index contributed by atoms with van der Waals surface area (Å²) in [6, 6.07) is 22.4. The average Bonchev–Trinajstić information content (AvgIpc) is 3.32. The molecule has 1 aliphatic carbocycles. The summed E-state index contributed by atoms with van der Waals surface area (Å²) in [4.78, 5) is 28.9. The van der Waals surface area contributed by atoms with Gasteiger partial charge in [0.25, 0.3) is 5.91 Å². The molecule has 1 saturated carbocycles. The minimum atomic E-state index is -0.547. The molecule has 7 nitrogen and oxygen atoms in total. The van der Waals surface area contributed by atoms with Gasteiger partial charge in [0.05, 0.1) is 5.41 Å².